The highest BCUT2D eigenvalue weighted by atomic mass is 35.5. The van der Waals surface area contributed by atoms with Gasteiger partial charge in [-0.1, -0.05) is 11.6 Å². The lowest BCUT2D eigenvalue weighted by atomic mass is 9.63. The number of carbonyl (C=O) groups excluding carboxylic acids is 8. The van der Waals surface area contributed by atoms with Crippen LogP contribution in [0.15, 0.2) is 205 Å². The normalized spacial score (nSPS) is 22.3. The Morgan fingerprint density at radius 2 is 0.984 bits per heavy atom. The molecule has 0 spiro atoms. The maximum Gasteiger partial charge on any atom is 0.340 e. The second-order valence-corrected chi connectivity index (χ2v) is 34.1. The molecule has 5 aliphatic rings. The number of nitrogens with zero attached hydrogens (tertiary/aromatic N) is 8. The number of aromatic nitrogens is 7. The second kappa shape index (κ2) is 40.6. The van der Waals surface area contributed by atoms with E-state index in [2.05, 4.69) is 45.9 Å². The van der Waals surface area contributed by atoms with Crippen LogP contribution in [0.1, 0.15) is 122 Å². The highest BCUT2D eigenvalue weighted by Gasteiger charge is 2.62. The lowest BCUT2D eigenvalue weighted by Crippen LogP contribution is -2.69. The van der Waals surface area contributed by atoms with E-state index in [1.807, 2.05) is 19.1 Å². The number of nitrogens with two attached hydrogens (primary N) is 1. The van der Waals surface area contributed by atoms with Gasteiger partial charge in [-0.25, -0.2) is 55.5 Å². The van der Waals surface area contributed by atoms with Crippen molar-refractivity contribution in [2.24, 2.45) is 22.9 Å². The van der Waals surface area contributed by atoms with Gasteiger partial charge in [-0.3, -0.25) is 39.6 Å². The number of halogens is 1. The number of hydrogen-bond donors (Lipinski definition) is 2. The topological polar surface area (TPSA) is 460 Å². The molecule has 0 radical (unpaired) electrons. The van der Waals surface area contributed by atoms with Crippen LogP contribution in [0.25, 0.3) is 10.9 Å². The Labute approximate surface area is 734 Å². The third kappa shape index (κ3) is 20.9. The number of primary sulfonamides is 1. The van der Waals surface area contributed by atoms with E-state index in [4.69, 9.17) is 83.1 Å². The van der Waals surface area contributed by atoms with Crippen LogP contribution in [0.3, 0.4) is 0 Å². The van der Waals surface area contributed by atoms with Crippen molar-refractivity contribution in [1.82, 2.24) is 44.1 Å². The minimum absolute atomic E-state index is 0.0170. The largest absolute Gasteiger partial charge is 0.497 e. The fraction of sp³-hybridized carbons (Fsp3) is 0.341. The lowest BCUT2D eigenvalue weighted by Gasteiger charge is -2.52. The zero-order valence-electron chi connectivity index (χ0n) is 69.7. The van der Waals surface area contributed by atoms with Gasteiger partial charge in [0.15, 0.2) is 48.1 Å². The zero-order chi connectivity index (χ0) is 90.4. The van der Waals surface area contributed by atoms with E-state index in [1.165, 1.54) is 211 Å². The van der Waals surface area contributed by atoms with Gasteiger partial charge in [0.1, 0.15) is 22.9 Å². The number of sulfonamides is 2. The fourth-order valence-corrected chi connectivity index (χ4v) is 18.8. The number of carbonyl (C=O) groups is 8. The molecule has 2 saturated carbocycles. The molecule has 0 amide bonds. The van der Waals surface area contributed by atoms with E-state index < -0.39 is 127 Å². The molecule has 7 atom stereocenters. The Hall–Kier alpha value is -13.0. The van der Waals surface area contributed by atoms with Crippen molar-refractivity contribution in [3.05, 3.63) is 251 Å². The number of rotatable bonds is 25. The third-order valence-corrected chi connectivity index (χ3v) is 25.5. The Kier molecular flexibility index (Phi) is 29.3. The standard InChI is InChI=1S/C42H30N6O12.C33H40N2O9.C13H19ClN2O5S2/c49-37(25-7-1-13-43-19-25)55-31-32(56-38(50)26-8-2-14-44-20-26)34(58-40(52)28-10-4-16-46-22-28)36(60-42(54)30-12-6-18-48-24-30)35(59-41(53)29-11-5-17-47-23-29)33(31)57-39(51)27-9-3-15-45-21-27;1-38-19-7-8-20-21-9-10-35-16-18-13-27(44-32(36)17-11-25(39-2)30(41-4)26(12-17)40-3)31(42-5)28(33(37)43-6)22(18)15-24(35)29(21)34-23(20)14-19;1-13(6-3-7-21-13)9-16(2)23(19,20)10-4-5-11(14)12(8-10)22(15,17)18/h1-24,31-36H;7-8,11-12,14,18,22,24,27-28,31,34H,9-10,13,15-16H2,1-6H3;4-5,8H,3,6-7,9H2,1-2H3,(H2,15,17,18)/t;18-,22-,24+,27-,28-,31+;/m.1./s1. The Morgan fingerprint density at radius 1 is 0.543 bits per heavy atom. The highest BCUT2D eigenvalue weighted by molar-refractivity contribution is 7.90. The highest BCUT2D eigenvalue weighted by Crippen LogP contribution is 2.52. The number of pyridine rings is 6. The fourth-order valence-electron chi connectivity index (χ4n) is 16.3. The first-order chi connectivity index (χ1) is 61.1. The molecule has 3 N–H and O–H groups in total. The number of hydrogen-bond acceptors (Lipinski definition) is 33. The minimum Gasteiger partial charge on any atom is -0.497 e. The van der Waals surface area contributed by atoms with E-state index in [-0.39, 0.29) is 79.3 Å². The zero-order valence-corrected chi connectivity index (χ0v) is 72.1. The molecular formula is C88H89ClN10O26S2. The molecule has 10 aromatic rings. The van der Waals surface area contributed by atoms with Crippen LogP contribution in [0, 0.1) is 17.8 Å². The number of aromatic amines is 1. The average Bonchev–Trinajstić information content (AvgIpc) is 1.70. The first kappa shape index (κ1) is 91.7. The summed E-state index contributed by atoms with van der Waals surface area (Å²) in [5.74, 6) is -6.07. The van der Waals surface area contributed by atoms with Crippen molar-refractivity contribution in [3.8, 4) is 23.0 Å². The number of piperidine rings is 1. The molecule has 7 aromatic heterocycles. The molecule has 2 aliphatic carbocycles. The predicted octanol–water partition coefficient (Wildman–Crippen LogP) is 9.07. The van der Waals surface area contributed by atoms with E-state index in [9.17, 15) is 55.2 Å². The maximum atomic E-state index is 14.0. The summed E-state index contributed by atoms with van der Waals surface area (Å²) in [5.41, 5.74) is 2.64. The van der Waals surface area contributed by atoms with Gasteiger partial charge < -0.3 is 71.3 Å². The van der Waals surface area contributed by atoms with Crippen LogP contribution >= 0.6 is 11.6 Å². The minimum atomic E-state index is -4.12. The van der Waals surface area contributed by atoms with Gasteiger partial charge in [-0.15, -0.1) is 0 Å². The summed E-state index contributed by atoms with van der Waals surface area (Å²) in [6.45, 7) is 4.30. The predicted molar refractivity (Wildman–Crippen MR) is 448 cm³/mol. The molecular weight excluding hydrogens is 1710 g/mol. The van der Waals surface area contributed by atoms with E-state index in [0.717, 1.165) is 60.4 Å². The van der Waals surface area contributed by atoms with E-state index in [0.29, 0.717) is 30.3 Å². The molecule has 4 fully saturated rings. The van der Waals surface area contributed by atoms with Gasteiger partial charge in [0, 0.05) is 137 Å². The smallest absolute Gasteiger partial charge is 0.340 e. The molecule has 15 rings (SSSR count). The van der Waals surface area contributed by atoms with Crippen molar-refractivity contribution in [1.29, 1.82) is 0 Å². The Morgan fingerprint density at radius 3 is 1.35 bits per heavy atom. The van der Waals surface area contributed by atoms with Crippen LogP contribution in [-0.4, -0.2) is 239 Å². The van der Waals surface area contributed by atoms with Crippen LogP contribution in [-0.2, 0) is 78.6 Å². The summed E-state index contributed by atoms with van der Waals surface area (Å²) in [6, 6.07) is 29.7. The van der Waals surface area contributed by atoms with Crippen molar-refractivity contribution in [3.63, 3.8) is 0 Å². The van der Waals surface area contributed by atoms with Crippen LogP contribution in [0.5, 0.6) is 23.0 Å². The molecule has 3 aromatic carbocycles. The van der Waals surface area contributed by atoms with Gasteiger partial charge in [0.2, 0.25) is 25.8 Å². The van der Waals surface area contributed by atoms with Crippen LogP contribution in [0.4, 0.5) is 0 Å². The van der Waals surface area contributed by atoms with Crippen molar-refractivity contribution in [2.45, 2.75) is 109 Å². The van der Waals surface area contributed by atoms with Gasteiger partial charge in [-0.2, -0.15) is 4.31 Å². The van der Waals surface area contributed by atoms with Crippen LogP contribution < -0.4 is 24.1 Å². The number of nitrogens with one attached hydrogen (secondary N) is 1. The molecule has 39 heteroatoms. The number of esters is 8. The third-order valence-electron chi connectivity index (χ3n) is 22.3. The Bertz CT molecular complexity index is 5380. The summed E-state index contributed by atoms with van der Waals surface area (Å²) in [4.78, 5) is 140. The second-order valence-electron chi connectivity index (χ2n) is 30.2. The Balaban J connectivity index is 0.000000179. The van der Waals surface area contributed by atoms with E-state index >= 15 is 0 Å². The number of benzene rings is 3. The van der Waals surface area contributed by atoms with Crippen molar-refractivity contribution < 1.29 is 122 Å². The molecule has 0 bridgehead atoms. The molecule has 10 heterocycles. The molecule has 666 valence electrons. The monoisotopic (exact) mass is 1800 g/mol. The molecule has 127 heavy (non-hydrogen) atoms. The van der Waals surface area contributed by atoms with Gasteiger partial charge in [-0.05, 0) is 172 Å². The summed E-state index contributed by atoms with van der Waals surface area (Å²) < 4.78 is 130. The molecule has 36 nitrogen and oxygen atoms in total. The number of ether oxygens (including phenoxy) is 14. The first-order valence-corrected chi connectivity index (χ1v) is 43.1. The number of likely N-dealkylation sites (N-methyl/N-ethyl adjacent to an activating group) is 1. The first-order valence-electron chi connectivity index (χ1n) is 39.7. The molecule has 2 saturated heterocycles. The summed E-state index contributed by atoms with van der Waals surface area (Å²) in [5, 5.41) is 6.15. The SMILES string of the molecule is CN(CC1(C)CCCO1)S(=O)(=O)c1ccc(Cl)c(S(N)(=O)=O)c1.COC(=O)[C@@H]1[C@@H]2C[C@H]3c4[nH]c5cc(OC)ccc5c4CCN3C[C@H]2C[C@@H](OC(=O)c2cc(OC)c(OC)c(OC)c2)[C@@H]1OC.O=C(OC1C(OC(=O)c2cccnc2)C(OC(=O)c2cccnc2)C(OC(=O)c2cccnc2)C(OC(=O)c2cccnc2)C1OC(=O)c1cccnc1)c1cccnc1. The number of fused-ring (bicyclic) bond motifs is 6. The van der Waals surface area contributed by atoms with Crippen LogP contribution in [0.2, 0.25) is 5.02 Å². The van der Waals surface area contributed by atoms with Gasteiger partial charge >= 0.3 is 47.8 Å². The average molecular weight is 1800 g/mol. The molecule has 3 aliphatic heterocycles. The number of H-pyrrole nitrogens is 1. The van der Waals surface area contributed by atoms with Gasteiger partial charge in [0.05, 0.1) is 102 Å². The summed E-state index contributed by atoms with van der Waals surface area (Å²) in [7, 11) is 2.52. The van der Waals surface area contributed by atoms with Gasteiger partial charge in [0.25, 0.3) is 0 Å². The van der Waals surface area contributed by atoms with E-state index in [1.54, 1.807) is 26.4 Å². The number of methoxy groups -OCH3 is 6. The summed E-state index contributed by atoms with van der Waals surface area (Å²) in [6.07, 6.45) is 6.05. The quantitative estimate of drug-likeness (QED) is 0.0397. The van der Waals surface area contributed by atoms with Crippen molar-refractivity contribution in [2.75, 3.05) is 75.9 Å². The summed E-state index contributed by atoms with van der Waals surface area (Å²) >= 11 is 5.78. The maximum absolute atomic E-state index is 14.0. The molecule has 1 unspecified atom stereocenters. The van der Waals surface area contributed by atoms with Crippen molar-refractivity contribution >= 4 is 90.3 Å². The lowest BCUT2D eigenvalue weighted by molar-refractivity contribution is -0.223.